The smallest absolute Gasteiger partial charge is 0.336 e. The number of carbonyl (C=O) groups excluding carboxylic acids is 4. The Morgan fingerprint density at radius 2 is 1.77 bits per heavy atom. The molecule has 0 aromatic carbocycles. The predicted molar refractivity (Wildman–Crippen MR) is 111 cm³/mol. The number of halogens is 2. The summed E-state index contributed by atoms with van der Waals surface area (Å²) in [7, 11) is 2.53. The zero-order valence-electron chi connectivity index (χ0n) is 17.4. The molecular formula is C20H23ClFNO7S. The zero-order valence-corrected chi connectivity index (χ0v) is 19.0. The summed E-state index contributed by atoms with van der Waals surface area (Å²) in [6.07, 6.45) is 1.36. The number of nitrogens with zero attached hydrogens (tertiary/aromatic N) is 1. The maximum Gasteiger partial charge on any atom is 0.336 e. The van der Waals surface area contributed by atoms with E-state index in [-0.39, 0.29) is 53.5 Å². The highest BCUT2D eigenvalue weighted by molar-refractivity contribution is 7.11. The molecule has 0 atom stereocenters. The summed E-state index contributed by atoms with van der Waals surface area (Å²) < 4.78 is 29.1. The molecule has 1 aliphatic carbocycles. The van der Waals surface area contributed by atoms with E-state index in [0.29, 0.717) is 29.1 Å². The molecule has 1 aromatic rings. The quantitative estimate of drug-likeness (QED) is 0.418. The molecule has 0 saturated heterocycles. The van der Waals surface area contributed by atoms with Gasteiger partial charge in [-0.3, -0.25) is 14.4 Å². The number of ether oxygens (including phenoxy) is 3. The van der Waals surface area contributed by atoms with Gasteiger partial charge in [-0.05, 0) is 25.7 Å². The predicted octanol–water partition coefficient (Wildman–Crippen LogP) is 3.54. The molecule has 0 unspecified atom stereocenters. The van der Waals surface area contributed by atoms with Crippen LogP contribution >= 0.6 is 22.9 Å². The minimum absolute atomic E-state index is 0.0744. The normalized spacial score (nSPS) is 13.7. The SMILES string of the molecule is CCC(=O)N(C(=O)C1=C(C(=O)OCOC)CCCC1)c1c(F)sc(CC(=O)OC)c1Cl. The van der Waals surface area contributed by atoms with Gasteiger partial charge in [0.2, 0.25) is 11.0 Å². The van der Waals surface area contributed by atoms with E-state index in [9.17, 15) is 23.6 Å². The topological polar surface area (TPSA) is 99.2 Å². The molecule has 0 bridgehead atoms. The average Bonchev–Trinajstić information content (AvgIpc) is 3.04. The summed E-state index contributed by atoms with van der Waals surface area (Å²) >= 11 is 6.82. The van der Waals surface area contributed by atoms with Crippen LogP contribution in [0.2, 0.25) is 5.02 Å². The summed E-state index contributed by atoms with van der Waals surface area (Å²) in [5, 5.41) is -1.11. The number of thiophene rings is 1. The number of imide groups is 1. The lowest BCUT2D eigenvalue weighted by molar-refractivity contribution is -0.150. The number of hydrogen-bond acceptors (Lipinski definition) is 8. The van der Waals surface area contributed by atoms with Gasteiger partial charge in [-0.1, -0.05) is 18.5 Å². The van der Waals surface area contributed by atoms with Crippen molar-refractivity contribution in [3.8, 4) is 0 Å². The van der Waals surface area contributed by atoms with Crippen molar-refractivity contribution in [3.05, 3.63) is 26.2 Å². The molecule has 1 aromatic heterocycles. The number of rotatable bonds is 8. The summed E-state index contributed by atoms with van der Waals surface area (Å²) in [6, 6.07) is 0. The molecule has 0 fully saturated rings. The molecule has 2 rings (SSSR count). The van der Waals surface area contributed by atoms with Crippen molar-refractivity contribution in [2.24, 2.45) is 0 Å². The van der Waals surface area contributed by atoms with Crippen molar-refractivity contribution in [2.75, 3.05) is 25.9 Å². The molecule has 8 nitrogen and oxygen atoms in total. The van der Waals surface area contributed by atoms with Crippen molar-refractivity contribution in [1.29, 1.82) is 0 Å². The lowest BCUT2D eigenvalue weighted by atomic mass is 9.90. The third kappa shape index (κ3) is 5.69. The molecule has 1 heterocycles. The van der Waals surface area contributed by atoms with Gasteiger partial charge in [0, 0.05) is 29.6 Å². The molecule has 0 N–H and O–H groups in total. The number of carbonyl (C=O) groups is 4. The van der Waals surface area contributed by atoms with Crippen LogP contribution in [-0.2, 0) is 39.8 Å². The fraction of sp³-hybridized carbons (Fsp3) is 0.500. The molecule has 0 aliphatic heterocycles. The number of anilines is 1. The molecule has 1 aliphatic rings. The van der Waals surface area contributed by atoms with E-state index in [4.69, 9.17) is 21.1 Å². The second kappa shape index (κ2) is 11.4. The number of methoxy groups -OCH3 is 2. The van der Waals surface area contributed by atoms with Gasteiger partial charge >= 0.3 is 11.9 Å². The second-order valence-corrected chi connectivity index (χ2v) is 8.04. The molecular weight excluding hydrogens is 453 g/mol. The van der Waals surface area contributed by atoms with Gasteiger partial charge in [-0.25, -0.2) is 9.69 Å². The Bertz CT molecular complexity index is 912. The van der Waals surface area contributed by atoms with E-state index < -0.39 is 34.6 Å². The van der Waals surface area contributed by atoms with Crippen molar-refractivity contribution in [3.63, 3.8) is 0 Å². The molecule has 31 heavy (non-hydrogen) atoms. The minimum Gasteiger partial charge on any atom is -0.469 e. The van der Waals surface area contributed by atoms with Crippen molar-refractivity contribution in [2.45, 2.75) is 45.4 Å². The first-order valence-corrected chi connectivity index (χ1v) is 10.7. The standard InChI is InChI=1S/C20H23ClFNO7S/c1-4-14(24)23(17-16(21)13(31-18(17)22)9-15(25)29-3)19(26)11-7-5-6-8-12(11)20(27)30-10-28-2/h4-10H2,1-3H3. The molecule has 170 valence electrons. The highest BCUT2D eigenvalue weighted by atomic mass is 35.5. The summed E-state index contributed by atoms with van der Waals surface area (Å²) in [6.45, 7) is 1.22. The van der Waals surface area contributed by atoms with Crippen LogP contribution in [0.25, 0.3) is 0 Å². The highest BCUT2D eigenvalue weighted by Gasteiger charge is 2.35. The first kappa shape index (κ1) is 25.0. The maximum absolute atomic E-state index is 14.8. The Labute approximate surface area is 187 Å². The van der Waals surface area contributed by atoms with E-state index in [1.807, 2.05) is 0 Å². The van der Waals surface area contributed by atoms with Crippen LogP contribution in [0.4, 0.5) is 10.1 Å². The molecule has 2 amide bonds. The van der Waals surface area contributed by atoms with Crippen LogP contribution < -0.4 is 4.90 Å². The molecule has 0 radical (unpaired) electrons. The lowest BCUT2D eigenvalue weighted by Gasteiger charge is -2.25. The van der Waals surface area contributed by atoms with E-state index in [1.54, 1.807) is 0 Å². The van der Waals surface area contributed by atoms with Crippen LogP contribution in [0.5, 0.6) is 0 Å². The van der Waals surface area contributed by atoms with Crippen molar-refractivity contribution < 1.29 is 37.8 Å². The van der Waals surface area contributed by atoms with Gasteiger partial charge < -0.3 is 14.2 Å². The van der Waals surface area contributed by atoms with Crippen molar-refractivity contribution in [1.82, 2.24) is 0 Å². The van der Waals surface area contributed by atoms with E-state index in [2.05, 4.69) is 4.74 Å². The minimum atomic E-state index is -0.890. The highest BCUT2D eigenvalue weighted by Crippen LogP contribution is 2.41. The molecule has 11 heteroatoms. The van der Waals surface area contributed by atoms with E-state index >= 15 is 0 Å². The Hall–Kier alpha value is -2.30. The van der Waals surface area contributed by atoms with E-state index in [1.165, 1.54) is 21.1 Å². The van der Waals surface area contributed by atoms with Gasteiger partial charge in [0.25, 0.3) is 5.91 Å². The fourth-order valence-corrected chi connectivity index (χ4v) is 4.41. The summed E-state index contributed by atoms with van der Waals surface area (Å²) in [5.41, 5.74) is -0.223. The van der Waals surface area contributed by atoms with Gasteiger partial charge in [0.15, 0.2) is 6.79 Å². The summed E-state index contributed by atoms with van der Waals surface area (Å²) in [4.78, 5) is 50.8. The van der Waals surface area contributed by atoms with Crippen LogP contribution in [0, 0.1) is 5.13 Å². The monoisotopic (exact) mass is 475 g/mol. The second-order valence-electron chi connectivity index (χ2n) is 6.60. The third-order valence-electron chi connectivity index (χ3n) is 4.64. The number of amides is 2. The van der Waals surface area contributed by atoms with Gasteiger partial charge in [0.05, 0.1) is 18.6 Å². The first-order chi connectivity index (χ1) is 14.8. The summed E-state index contributed by atoms with van der Waals surface area (Å²) in [5.74, 6) is -2.90. The van der Waals surface area contributed by atoms with Crippen LogP contribution in [0.3, 0.4) is 0 Å². The number of hydrogen-bond donors (Lipinski definition) is 0. The van der Waals surface area contributed by atoms with Gasteiger partial charge in [-0.15, -0.1) is 11.3 Å². The fourth-order valence-electron chi connectivity index (χ4n) is 3.12. The van der Waals surface area contributed by atoms with E-state index in [0.717, 1.165) is 0 Å². The largest absolute Gasteiger partial charge is 0.469 e. The van der Waals surface area contributed by atoms with Gasteiger partial charge in [0.1, 0.15) is 5.69 Å². The molecule has 0 spiro atoms. The molecule has 0 saturated carbocycles. The van der Waals surface area contributed by atoms with Crippen LogP contribution in [-0.4, -0.2) is 44.8 Å². The first-order valence-electron chi connectivity index (χ1n) is 9.55. The lowest BCUT2D eigenvalue weighted by Crippen LogP contribution is -2.39. The van der Waals surface area contributed by atoms with Crippen molar-refractivity contribution >= 4 is 52.4 Å². The Morgan fingerprint density at radius 3 is 2.35 bits per heavy atom. The van der Waals surface area contributed by atoms with Crippen LogP contribution in [0.1, 0.15) is 43.9 Å². The van der Waals surface area contributed by atoms with Gasteiger partial charge in [-0.2, -0.15) is 4.39 Å². The Kier molecular flexibility index (Phi) is 9.15. The Balaban J connectivity index is 2.53. The zero-order chi connectivity index (χ0) is 23.1. The third-order valence-corrected chi connectivity index (χ3v) is 6.13. The number of esters is 2. The maximum atomic E-state index is 14.8. The average molecular weight is 476 g/mol. The Morgan fingerprint density at radius 1 is 1.13 bits per heavy atom. The van der Waals surface area contributed by atoms with Crippen LogP contribution in [0.15, 0.2) is 11.1 Å².